The second-order valence-electron chi connectivity index (χ2n) is 4.39. The highest BCUT2D eigenvalue weighted by Crippen LogP contribution is 2.04. The maximum atomic E-state index is 12.1. The Labute approximate surface area is 120 Å². The van der Waals surface area contributed by atoms with Crippen LogP contribution in [0.5, 0.6) is 0 Å². The Morgan fingerprint density at radius 3 is 2.90 bits per heavy atom. The van der Waals surface area contributed by atoms with E-state index in [0.29, 0.717) is 17.0 Å². The van der Waals surface area contributed by atoms with Crippen LogP contribution >= 0.6 is 0 Å². The third-order valence-electron chi connectivity index (χ3n) is 2.87. The smallest absolute Gasteiger partial charge is 0.326 e. The van der Waals surface area contributed by atoms with Crippen molar-refractivity contribution in [3.63, 3.8) is 0 Å². The van der Waals surface area contributed by atoms with E-state index >= 15 is 0 Å². The summed E-state index contributed by atoms with van der Waals surface area (Å²) in [5.74, 6) is -1.61. The number of imidazole rings is 1. The summed E-state index contributed by atoms with van der Waals surface area (Å²) >= 11 is 0. The van der Waals surface area contributed by atoms with Gasteiger partial charge in [-0.3, -0.25) is 9.78 Å². The third-order valence-corrected chi connectivity index (χ3v) is 2.87. The molecular formula is C13H15N5O3. The highest BCUT2D eigenvalue weighted by Gasteiger charge is 2.21. The van der Waals surface area contributed by atoms with Crippen LogP contribution < -0.4 is 11.1 Å². The third kappa shape index (κ3) is 3.86. The van der Waals surface area contributed by atoms with Gasteiger partial charge >= 0.3 is 5.97 Å². The molecule has 2 aromatic heterocycles. The number of nitrogens with two attached hydrogens (primary N) is 1. The van der Waals surface area contributed by atoms with Gasteiger partial charge < -0.3 is 21.1 Å². The van der Waals surface area contributed by atoms with Crippen molar-refractivity contribution in [2.45, 2.75) is 19.0 Å². The van der Waals surface area contributed by atoms with E-state index in [1.807, 2.05) is 0 Å². The van der Waals surface area contributed by atoms with Crippen molar-refractivity contribution >= 4 is 11.9 Å². The van der Waals surface area contributed by atoms with Gasteiger partial charge in [0.05, 0.1) is 12.0 Å². The molecule has 110 valence electrons. The van der Waals surface area contributed by atoms with Gasteiger partial charge in [0.2, 0.25) is 0 Å². The molecule has 0 saturated carbocycles. The van der Waals surface area contributed by atoms with Crippen LogP contribution in [-0.2, 0) is 17.8 Å². The molecule has 2 aromatic rings. The van der Waals surface area contributed by atoms with Crippen molar-refractivity contribution in [3.8, 4) is 0 Å². The minimum Gasteiger partial charge on any atom is -0.480 e. The van der Waals surface area contributed by atoms with E-state index in [4.69, 9.17) is 5.73 Å². The van der Waals surface area contributed by atoms with E-state index in [9.17, 15) is 14.7 Å². The van der Waals surface area contributed by atoms with Crippen LogP contribution in [0.4, 0.5) is 0 Å². The van der Waals surface area contributed by atoms with Crippen LogP contribution in [0.1, 0.15) is 21.7 Å². The zero-order valence-corrected chi connectivity index (χ0v) is 11.1. The number of H-pyrrole nitrogens is 1. The van der Waals surface area contributed by atoms with E-state index in [1.165, 1.54) is 30.9 Å². The van der Waals surface area contributed by atoms with E-state index in [0.717, 1.165) is 0 Å². The molecule has 0 fully saturated rings. The summed E-state index contributed by atoms with van der Waals surface area (Å²) in [7, 11) is 0. The quantitative estimate of drug-likeness (QED) is 0.576. The normalized spacial score (nSPS) is 11.9. The molecule has 1 atom stereocenters. The number of carbonyl (C=O) groups excluding carboxylic acids is 1. The molecule has 0 saturated heterocycles. The van der Waals surface area contributed by atoms with E-state index < -0.39 is 17.9 Å². The maximum Gasteiger partial charge on any atom is 0.326 e. The average Bonchev–Trinajstić information content (AvgIpc) is 2.99. The molecule has 2 heterocycles. The summed E-state index contributed by atoms with van der Waals surface area (Å²) in [6, 6.07) is 1.99. The molecule has 21 heavy (non-hydrogen) atoms. The van der Waals surface area contributed by atoms with Crippen molar-refractivity contribution in [3.05, 3.63) is 47.8 Å². The van der Waals surface area contributed by atoms with Gasteiger partial charge in [-0.15, -0.1) is 0 Å². The molecule has 0 spiro atoms. The Hall–Kier alpha value is -2.74. The number of carboxylic acids is 1. The van der Waals surface area contributed by atoms with E-state index in [2.05, 4.69) is 20.3 Å². The molecule has 8 nitrogen and oxygen atoms in total. The van der Waals surface area contributed by atoms with Crippen LogP contribution in [0.2, 0.25) is 0 Å². The summed E-state index contributed by atoms with van der Waals surface area (Å²) in [5.41, 5.74) is 6.96. The van der Waals surface area contributed by atoms with Crippen LogP contribution in [0.3, 0.4) is 0 Å². The first-order valence-corrected chi connectivity index (χ1v) is 6.26. The number of aromatic nitrogens is 3. The predicted molar refractivity (Wildman–Crippen MR) is 73.3 cm³/mol. The highest BCUT2D eigenvalue weighted by molar-refractivity contribution is 5.96. The van der Waals surface area contributed by atoms with Gasteiger partial charge in [-0.05, 0) is 12.1 Å². The van der Waals surface area contributed by atoms with E-state index in [1.54, 1.807) is 0 Å². The lowest BCUT2D eigenvalue weighted by molar-refractivity contribution is -0.139. The Morgan fingerprint density at radius 1 is 1.48 bits per heavy atom. The molecule has 0 aliphatic carbocycles. The Bertz CT molecular complexity index is 626. The van der Waals surface area contributed by atoms with Crippen molar-refractivity contribution in [1.82, 2.24) is 20.3 Å². The molecule has 0 aliphatic rings. The van der Waals surface area contributed by atoms with Gasteiger partial charge in [0.25, 0.3) is 5.91 Å². The molecule has 2 rings (SSSR count). The maximum absolute atomic E-state index is 12.1. The number of aliphatic carboxylic acids is 1. The van der Waals surface area contributed by atoms with Crippen molar-refractivity contribution in [1.29, 1.82) is 0 Å². The monoisotopic (exact) mass is 289 g/mol. The molecule has 0 aromatic carbocycles. The Kier molecular flexibility index (Phi) is 4.62. The summed E-state index contributed by atoms with van der Waals surface area (Å²) in [5, 5.41) is 11.7. The topological polar surface area (TPSA) is 134 Å². The standard InChI is InChI=1S/C13H15N5O3/c14-5-9-3-8(1-2-16-9)12(19)18-11(13(20)21)4-10-6-15-7-17-10/h1-3,6-7,11H,4-5,14H2,(H,15,17)(H,18,19)(H,20,21)/t11-/m0/s1. The summed E-state index contributed by atoms with van der Waals surface area (Å²) < 4.78 is 0. The number of carbonyl (C=O) groups is 2. The Morgan fingerprint density at radius 2 is 2.29 bits per heavy atom. The van der Waals surface area contributed by atoms with Gasteiger partial charge in [-0.2, -0.15) is 0 Å². The van der Waals surface area contributed by atoms with Gasteiger partial charge in [-0.25, -0.2) is 9.78 Å². The van der Waals surface area contributed by atoms with Crippen LogP contribution in [0.15, 0.2) is 30.9 Å². The fourth-order valence-electron chi connectivity index (χ4n) is 1.79. The number of rotatable bonds is 6. The van der Waals surface area contributed by atoms with Gasteiger partial charge in [-0.1, -0.05) is 0 Å². The van der Waals surface area contributed by atoms with Crippen LogP contribution in [-0.4, -0.2) is 38.0 Å². The number of aromatic amines is 1. The minimum absolute atomic E-state index is 0.121. The van der Waals surface area contributed by atoms with Crippen molar-refractivity contribution in [2.24, 2.45) is 5.73 Å². The fraction of sp³-hybridized carbons (Fsp3) is 0.231. The molecule has 0 radical (unpaired) electrons. The average molecular weight is 289 g/mol. The first kappa shape index (κ1) is 14.7. The highest BCUT2D eigenvalue weighted by atomic mass is 16.4. The molecule has 0 aliphatic heterocycles. The number of nitrogens with one attached hydrogen (secondary N) is 2. The predicted octanol–water partition coefficient (Wildman–Crippen LogP) is -0.311. The number of amides is 1. The first-order valence-electron chi connectivity index (χ1n) is 6.26. The molecule has 8 heteroatoms. The minimum atomic E-state index is -1.12. The lowest BCUT2D eigenvalue weighted by atomic mass is 10.1. The number of nitrogens with zero attached hydrogens (tertiary/aromatic N) is 2. The largest absolute Gasteiger partial charge is 0.480 e. The number of pyridine rings is 1. The van der Waals surface area contributed by atoms with Gasteiger partial charge in [0.15, 0.2) is 0 Å². The molecular weight excluding hydrogens is 274 g/mol. The number of hydrogen-bond donors (Lipinski definition) is 4. The van der Waals surface area contributed by atoms with Crippen molar-refractivity contribution in [2.75, 3.05) is 0 Å². The lowest BCUT2D eigenvalue weighted by Crippen LogP contribution is -2.42. The number of carboxylic acid groups (broad SMARTS) is 1. The summed E-state index contributed by atoms with van der Waals surface area (Å²) in [6.07, 6.45) is 4.55. The van der Waals surface area contributed by atoms with Gasteiger partial charge in [0.1, 0.15) is 6.04 Å². The SMILES string of the molecule is NCc1cc(C(=O)N[C@@H](Cc2cnc[nH]2)C(=O)O)ccn1. The Balaban J connectivity index is 2.08. The van der Waals surface area contributed by atoms with Crippen LogP contribution in [0.25, 0.3) is 0 Å². The summed E-state index contributed by atoms with van der Waals surface area (Å²) in [4.78, 5) is 33.9. The molecule has 5 N–H and O–H groups in total. The van der Waals surface area contributed by atoms with E-state index in [-0.39, 0.29) is 13.0 Å². The summed E-state index contributed by atoms with van der Waals surface area (Å²) in [6.45, 7) is 0.206. The lowest BCUT2D eigenvalue weighted by Gasteiger charge is -2.13. The zero-order valence-electron chi connectivity index (χ0n) is 11.1. The molecule has 0 bridgehead atoms. The zero-order chi connectivity index (χ0) is 15.2. The first-order chi connectivity index (χ1) is 10.1. The van der Waals surface area contributed by atoms with Gasteiger partial charge in [0, 0.05) is 36.6 Å². The number of hydrogen-bond acceptors (Lipinski definition) is 5. The molecule has 1 amide bonds. The van der Waals surface area contributed by atoms with Crippen molar-refractivity contribution < 1.29 is 14.7 Å². The second-order valence-corrected chi connectivity index (χ2v) is 4.39. The fourth-order valence-corrected chi connectivity index (χ4v) is 1.79. The molecule has 0 unspecified atom stereocenters. The van der Waals surface area contributed by atoms with Crippen LogP contribution in [0, 0.1) is 0 Å². The second kappa shape index (κ2) is 6.62.